The molecule has 2 bridgehead atoms. The molecule has 3 aliphatic rings. The van der Waals surface area contributed by atoms with Crippen LogP contribution in [0.25, 0.3) is 0 Å². The SMILES string of the molecule is COc1ccc(CN2C3CC(C3)C(C)C2CO)cc1. The Hall–Kier alpha value is -1.06. The average molecular weight is 261 g/mol. The number of rotatable bonds is 4. The number of piperidine rings is 2. The molecular formula is C16H23NO2. The second kappa shape index (κ2) is 5.14. The van der Waals surface area contributed by atoms with Gasteiger partial charge in [-0.1, -0.05) is 19.1 Å². The van der Waals surface area contributed by atoms with Crippen LogP contribution in [0.1, 0.15) is 25.3 Å². The van der Waals surface area contributed by atoms with Gasteiger partial charge in [-0.25, -0.2) is 0 Å². The van der Waals surface area contributed by atoms with Crippen LogP contribution in [0.15, 0.2) is 24.3 Å². The molecule has 1 aliphatic carbocycles. The highest BCUT2D eigenvalue weighted by atomic mass is 16.5. The summed E-state index contributed by atoms with van der Waals surface area (Å²) in [6, 6.07) is 9.30. The number of nitrogens with zero attached hydrogens (tertiary/aromatic N) is 1. The molecule has 1 aromatic rings. The van der Waals surface area contributed by atoms with Gasteiger partial charge < -0.3 is 9.84 Å². The van der Waals surface area contributed by atoms with Crippen molar-refractivity contribution in [3.05, 3.63) is 29.8 Å². The van der Waals surface area contributed by atoms with E-state index in [2.05, 4.69) is 24.0 Å². The third-order valence-electron chi connectivity index (χ3n) is 5.11. The van der Waals surface area contributed by atoms with Crippen molar-refractivity contribution < 1.29 is 9.84 Å². The van der Waals surface area contributed by atoms with Gasteiger partial charge in [0.25, 0.3) is 0 Å². The standard InChI is InChI=1S/C16H23NO2/c1-11-13-7-14(8-13)17(16(11)10-18)9-12-3-5-15(19-2)6-4-12/h3-6,11,13-14,16,18H,7-10H2,1-2H3. The molecule has 2 unspecified atom stereocenters. The lowest BCUT2D eigenvalue weighted by Gasteiger charge is -2.57. The van der Waals surface area contributed by atoms with E-state index in [1.807, 2.05) is 12.1 Å². The molecule has 0 radical (unpaired) electrons. The molecule has 2 aliphatic heterocycles. The van der Waals surface area contributed by atoms with Gasteiger partial charge in [0.05, 0.1) is 13.7 Å². The average Bonchev–Trinajstić information content (AvgIpc) is 2.38. The normalized spacial score (nSPS) is 33.8. The highest BCUT2D eigenvalue weighted by Gasteiger charge is 2.48. The van der Waals surface area contributed by atoms with E-state index in [-0.39, 0.29) is 6.61 Å². The molecule has 0 spiro atoms. The Balaban J connectivity index is 1.73. The fourth-order valence-electron chi connectivity index (χ4n) is 3.68. The van der Waals surface area contributed by atoms with Gasteiger partial charge in [-0.15, -0.1) is 0 Å². The minimum atomic E-state index is 0.282. The van der Waals surface area contributed by atoms with Gasteiger partial charge in [-0.2, -0.15) is 0 Å². The fraction of sp³-hybridized carbons (Fsp3) is 0.625. The number of hydrogen-bond acceptors (Lipinski definition) is 3. The third-order valence-corrected chi connectivity index (χ3v) is 5.11. The van der Waals surface area contributed by atoms with Crippen molar-refractivity contribution in [3.8, 4) is 5.75 Å². The molecule has 1 aromatic carbocycles. The molecule has 0 aromatic heterocycles. The Kier molecular flexibility index (Phi) is 3.50. The number of aliphatic hydroxyl groups excluding tert-OH is 1. The monoisotopic (exact) mass is 261 g/mol. The Labute approximate surface area is 115 Å². The molecule has 2 saturated heterocycles. The lowest BCUT2D eigenvalue weighted by molar-refractivity contribution is -0.0955. The van der Waals surface area contributed by atoms with Crippen LogP contribution in [0.5, 0.6) is 5.75 Å². The van der Waals surface area contributed by atoms with E-state index in [1.54, 1.807) is 7.11 Å². The summed E-state index contributed by atoms with van der Waals surface area (Å²) in [5.41, 5.74) is 1.30. The molecule has 3 heteroatoms. The number of methoxy groups -OCH3 is 1. The van der Waals surface area contributed by atoms with Gasteiger partial charge in [0.15, 0.2) is 0 Å². The van der Waals surface area contributed by atoms with Crippen molar-refractivity contribution in [3.63, 3.8) is 0 Å². The van der Waals surface area contributed by atoms with Crippen LogP contribution < -0.4 is 4.74 Å². The largest absolute Gasteiger partial charge is 0.497 e. The topological polar surface area (TPSA) is 32.7 Å². The van der Waals surface area contributed by atoms with Crippen LogP contribution in [0.2, 0.25) is 0 Å². The van der Waals surface area contributed by atoms with Crippen molar-refractivity contribution in [1.82, 2.24) is 4.90 Å². The van der Waals surface area contributed by atoms with Gasteiger partial charge in [0.1, 0.15) is 5.75 Å². The van der Waals surface area contributed by atoms with Crippen molar-refractivity contribution >= 4 is 0 Å². The molecular weight excluding hydrogens is 238 g/mol. The molecule has 3 fully saturated rings. The summed E-state index contributed by atoms with van der Waals surface area (Å²) in [5.74, 6) is 2.36. The van der Waals surface area contributed by atoms with Crippen molar-refractivity contribution in [2.24, 2.45) is 11.8 Å². The minimum Gasteiger partial charge on any atom is -0.497 e. The van der Waals surface area contributed by atoms with Crippen LogP contribution in [-0.2, 0) is 6.54 Å². The number of aliphatic hydroxyl groups is 1. The number of hydrogen-bond donors (Lipinski definition) is 1. The summed E-state index contributed by atoms with van der Waals surface area (Å²) < 4.78 is 5.19. The summed E-state index contributed by atoms with van der Waals surface area (Å²) in [5, 5.41) is 9.67. The second-order valence-electron chi connectivity index (χ2n) is 6.01. The van der Waals surface area contributed by atoms with Crippen molar-refractivity contribution in [2.75, 3.05) is 13.7 Å². The Morgan fingerprint density at radius 2 is 1.95 bits per heavy atom. The van der Waals surface area contributed by atoms with E-state index < -0.39 is 0 Å². The van der Waals surface area contributed by atoms with Crippen LogP contribution >= 0.6 is 0 Å². The molecule has 3 nitrogen and oxygen atoms in total. The maximum absolute atomic E-state index is 9.67. The van der Waals surface area contributed by atoms with Gasteiger partial charge in [-0.3, -0.25) is 4.90 Å². The molecule has 2 atom stereocenters. The molecule has 1 saturated carbocycles. The Morgan fingerprint density at radius 3 is 2.53 bits per heavy atom. The highest BCUT2D eigenvalue weighted by Crippen LogP contribution is 2.46. The van der Waals surface area contributed by atoms with E-state index in [9.17, 15) is 5.11 Å². The first-order chi connectivity index (χ1) is 9.22. The van der Waals surface area contributed by atoms with E-state index in [0.717, 1.165) is 18.2 Å². The third kappa shape index (κ3) is 2.26. The highest BCUT2D eigenvalue weighted by molar-refractivity contribution is 5.27. The quantitative estimate of drug-likeness (QED) is 0.902. The molecule has 2 heterocycles. The zero-order chi connectivity index (χ0) is 13.4. The van der Waals surface area contributed by atoms with Crippen molar-refractivity contribution in [2.45, 2.75) is 38.4 Å². The first kappa shape index (κ1) is 12.9. The maximum Gasteiger partial charge on any atom is 0.118 e. The van der Waals surface area contributed by atoms with Gasteiger partial charge in [0, 0.05) is 18.6 Å². The number of benzene rings is 1. The maximum atomic E-state index is 9.67. The van der Waals surface area contributed by atoms with E-state index >= 15 is 0 Å². The Bertz CT molecular complexity index is 425. The number of fused-ring (bicyclic) bond motifs is 2. The van der Waals surface area contributed by atoms with Gasteiger partial charge in [0.2, 0.25) is 0 Å². The predicted molar refractivity (Wildman–Crippen MR) is 75.1 cm³/mol. The minimum absolute atomic E-state index is 0.282. The lowest BCUT2D eigenvalue weighted by Crippen LogP contribution is -2.61. The van der Waals surface area contributed by atoms with E-state index in [4.69, 9.17) is 4.74 Å². The van der Waals surface area contributed by atoms with Gasteiger partial charge in [-0.05, 0) is 42.4 Å². The summed E-state index contributed by atoms with van der Waals surface area (Å²) in [4.78, 5) is 2.51. The fourth-order valence-corrected chi connectivity index (χ4v) is 3.68. The summed E-state index contributed by atoms with van der Waals surface area (Å²) >= 11 is 0. The zero-order valence-corrected chi connectivity index (χ0v) is 11.7. The molecule has 0 amide bonds. The predicted octanol–water partition coefficient (Wildman–Crippen LogP) is 2.29. The summed E-state index contributed by atoms with van der Waals surface area (Å²) in [6.45, 7) is 3.52. The van der Waals surface area contributed by atoms with Crippen LogP contribution in [-0.4, -0.2) is 35.8 Å². The second-order valence-corrected chi connectivity index (χ2v) is 6.01. The molecule has 104 valence electrons. The van der Waals surface area contributed by atoms with Gasteiger partial charge >= 0.3 is 0 Å². The smallest absolute Gasteiger partial charge is 0.118 e. The van der Waals surface area contributed by atoms with E-state index in [0.29, 0.717) is 18.0 Å². The Morgan fingerprint density at radius 1 is 1.26 bits per heavy atom. The molecule has 4 rings (SSSR count). The van der Waals surface area contributed by atoms with Crippen LogP contribution in [0, 0.1) is 11.8 Å². The first-order valence-corrected chi connectivity index (χ1v) is 7.22. The van der Waals surface area contributed by atoms with Crippen LogP contribution in [0.3, 0.4) is 0 Å². The molecule has 1 N–H and O–H groups in total. The first-order valence-electron chi connectivity index (χ1n) is 7.22. The van der Waals surface area contributed by atoms with E-state index in [1.165, 1.54) is 18.4 Å². The van der Waals surface area contributed by atoms with Crippen LogP contribution in [0.4, 0.5) is 0 Å². The lowest BCUT2D eigenvalue weighted by atomic mass is 9.65. The zero-order valence-electron chi connectivity index (χ0n) is 11.7. The number of ether oxygens (including phenoxy) is 1. The summed E-state index contributed by atoms with van der Waals surface area (Å²) in [6.07, 6.45) is 2.63. The molecule has 19 heavy (non-hydrogen) atoms. The van der Waals surface area contributed by atoms with Crippen molar-refractivity contribution in [1.29, 1.82) is 0 Å². The summed E-state index contributed by atoms with van der Waals surface area (Å²) in [7, 11) is 1.69.